The monoisotopic (exact) mass is 337 g/mol. The first-order valence-corrected chi connectivity index (χ1v) is 9.10. The van der Waals surface area contributed by atoms with Gasteiger partial charge in [-0.15, -0.1) is 11.8 Å². The number of carbonyl (C=O) groups excluding carboxylic acids is 1. The molecular weight excluding hydrogens is 310 g/mol. The Kier molecular flexibility index (Phi) is 6.44. The number of aromatic nitrogens is 1. The van der Waals surface area contributed by atoms with E-state index in [1.807, 2.05) is 19.9 Å². The van der Waals surface area contributed by atoms with E-state index in [-0.39, 0.29) is 6.10 Å². The number of hydrogen-bond donors (Lipinski definition) is 1. The van der Waals surface area contributed by atoms with Crippen molar-refractivity contribution in [3.63, 3.8) is 0 Å². The summed E-state index contributed by atoms with van der Waals surface area (Å²) in [4.78, 5) is 18.7. The van der Waals surface area contributed by atoms with E-state index in [0.29, 0.717) is 11.5 Å². The quantitative estimate of drug-likeness (QED) is 0.806. The first-order valence-electron chi connectivity index (χ1n) is 8.11. The van der Waals surface area contributed by atoms with Gasteiger partial charge in [0.05, 0.1) is 18.3 Å². The molecule has 1 aliphatic rings. The Morgan fingerprint density at radius 3 is 2.91 bits per heavy atom. The second-order valence-electron chi connectivity index (χ2n) is 6.58. The standard InChI is InChI=1S/C17H27N3O2S/c1-11(2)8-20-5-6-22-14(9-20)10-23-17-15(16(18)21)12(3)7-13(4)19-17/h7,11,14H,5-6,8-10H2,1-4H3,(H2,18,21). The number of nitrogens with two attached hydrogens (primary N) is 1. The zero-order chi connectivity index (χ0) is 17.0. The van der Waals surface area contributed by atoms with Gasteiger partial charge >= 0.3 is 0 Å². The number of aryl methyl sites for hydroxylation is 2. The Morgan fingerprint density at radius 2 is 2.26 bits per heavy atom. The molecule has 23 heavy (non-hydrogen) atoms. The van der Waals surface area contributed by atoms with Gasteiger partial charge in [0.15, 0.2) is 0 Å². The van der Waals surface area contributed by atoms with Gasteiger partial charge in [-0.25, -0.2) is 4.98 Å². The SMILES string of the molecule is Cc1cc(C)c(C(N)=O)c(SCC2CN(CC(C)C)CCO2)n1. The Bertz CT molecular complexity index is 563. The summed E-state index contributed by atoms with van der Waals surface area (Å²) in [6.07, 6.45) is 0.163. The molecular formula is C17H27N3O2S. The number of primary amides is 1. The van der Waals surface area contributed by atoms with Crippen LogP contribution in [0.25, 0.3) is 0 Å². The second kappa shape index (κ2) is 8.13. The lowest BCUT2D eigenvalue weighted by Gasteiger charge is -2.33. The van der Waals surface area contributed by atoms with E-state index in [1.165, 1.54) is 0 Å². The maximum Gasteiger partial charge on any atom is 0.251 e. The summed E-state index contributed by atoms with van der Waals surface area (Å²) in [6, 6.07) is 1.89. The van der Waals surface area contributed by atoms with Gasteiger partial charge in [0.1, 0.15) is 5.03 Å². The average Bonchev–Trinajstić information content (AvgIpc) is 2.43. The third-order valence-corrected chi connectivity index (χ3v) is 4.92. The van der Waals surface area contributed by atoms with Gasteiger partial charge in [0, 0.05) is 31.1 Å². The van der Waals surface area contributed by atoms with Crippen LogP contribution in [-0.4, -0.2) is 53.9 Å². The highest BCUT2D eigenvalue weighted by Crippen LogP contribution is 2.26. The minimum atomic E-state index is -0.413. The highest BCUT2D eigenvalue weighted by atomic mass is 32.2. The zero-order valence-electron chi connectivity index (χ0n) is 14.5. The third-order valence-electron chi connectivity index (χ3n) is 3.81. The Morgan fingerprint density at radius 1 is 1.52 bits per heavy atom. The van der Waals surface area contributed by atoms with Gasteiger partial charge in [-0.05, 0) is 31.4 Å². The van der Waals surface area contributed by atoms with Gasteiger partial charge in [-0.1, -0.05) is 13.8 Å². The molecule has 2 rings (SSSR count). The molecule has 128 valence electrons. The van der Waals surface area contributed by atoms with Gasteiger partial charge in [-0.2, -0.15) is 0 Å². The molecule has 0 aliphatic carbocycles. The molecule has 0 bridgehead atoms. The molecule has 0 radical (unpaired) electrons. The molecule has 2 N–H and O–H groups in total. The normalized spacial score (nSPS) is 19.3. The zero-order valence-corrected chi connectivity index (χ0v) is 15.3. The van der Waals surface area contributed by atoms with Crippen LogP contribution in [0.15, 0.2) is 11.1 Å². The van der Waals surface area contributed by atoms with Crippen molar-refractivity contribution in [2.45, 2.75) is 38.8 Å². The van der Waals surface area contributed by atoms with E-state index in [2.05, 4.69) is 23.7 Å². The number of rotatable bonds is 6. The Hall–Kier alpha value is -1.11. The van der Waals surface area contributed by atoms with E-state index < -0.39 is 5.91 Å². The molecule has 2 heterocycles. The first-order chi connectivity index (χ1) is 10.9. The fraction of sp³-hybridized carbons (Fsp3) is 0.647. The molecule has 1 atom stereocenters. The lowest BCUT2D eigenvalue weighted by molar-refractivity contribution is -0.0191. The number of carbonyl (C=O) groups is 1. The van der Waals surface area contributed by atoms with Crippen LogP contribution in [0.1, 0.15) is 35.5 Å². The second-order valence-corrected chi connectivity index (χ2v) is 7.59. The van der Waals surface area contributed by atoms with E-state index in [9.17, 15) is 4.79 Å². The summed E-state index contributed by atoms with van der Waals surface area (Å²) in [6.45, 7) is 12.1. The molecule has 0 spiro atoms. The van der Waals surface area contributed by atoms with Crippen molar-refractivity contribution in [3.8, 4) is 0 Å². The molecule has 1 amide bonds. The highest BCUT2D eigenvalue weighted by molar-refractivity contribution is 7.99. The van der Waals surface area contributed by atoms with Gasteiger partial charge < -0.3 is 10.5 Å². The molecule has 0 saturated carbocycles. The summed E-state index contributed by atoms with van der Waals surface area (Å²) in [5.74, 6) is 1.03. The fourth-order valence-corrected chi connectivity index (χ4v) is 4.10. The predicted octanol–water partition coefficient (Wildman–Crippen LogP) is 2.25. The maximum atomic E-state index is 11.7. The number of morpholine rings is 1. The molecule has 0 aromatic carbocycles. The molecule has 1 aromatic heterocycles. The lowest BCUT2D eigenvalue weighted by atomic mass is 10.1. The van der Waals surface area contributed by atoms with Crippen LogP contribution in [0.2, 0.25) is 0 Å². The molecule has 1 fully saturated rings. The number of nitrogens with zero attached hydrogens (tertiary/aromatic N) is 2. The molecule has 1 aliphatic heterocycles. The number of pyridine rings is 1. The van der Waals surface area contributed by atoms with Crippen LogP contribution in [0.3, 0.4) is 0 Å². The summed E-state index contributed by atoms with van der Waals surface area (Å²) < 4.78 is 5.87. The minimum absolute atomic E-state index is 0.163. The van der Waals surface area contributed by atoms with Gasteiger partial charge in [-0.3, -0.25) is 9.69 Å². The average molecular weight is 337 g/mol. The van der Waals surface area contributed by atoms with Crippen molar-refractivity contribution in [3.05, 3.63) is 22.9 Å². The molecule has 1 saturated heterocycles. The van der Waals surface area contributed by atoms with E-state index in [4.69, 9.17) is 10.5 Å². The van der Waals surface area contributed by atoms with E-state index in [0.717, 1.165) is 48.3 Å². The summed E-state index contributed by atoms with van der Waals surface area (Å²) in [5.41, 5.74) is 7.85. The lowest BCUT2D eigenvalue weighted by Crippen LogP contribution is -2.44. The van der Waals surface area contributed by atoms with Crippen molar-refractivity contribution in [1.29, 1.82) is 0 Å². The molecule has 1 aromatic rings. The van der Waals surface area contributed by atoms with Crippen molar-refractivity contribution in [2.24, 2.45) is 11.7 Å². The molecule has 6 heteroatoms. The van der Waals surface area contributed by atoms with Crippen molar-refractivity contribution >= 4 is 17.7 Å². The fourth-order valence-electron chi connectivity index (χ4n) is 2.94. The van der Waals surface area contributed by atoms with Crippen molar-refractivity contribution in [1.82, 2.24) is 9.88 Å². The topological polar surface area (TPSA) is 68.5 Å². The largest absolute Gasteiger partial charge is 0.375 e. The minimum Gasteiger partial charge on any atom is -0.375 e. The van der Waals surface area contributed by atoms with Crippen LogP contribution < -0.4 is 5.73 Å². The Labute approximate surface area is 143 Å². The van der Waals surface area contributed by atoms with Crippen LogP contribution >= 0.6 is 11.8 Å². The smallest absolute Gasteiger partial charge is 0.251 e. The molecule has 1 unspecified atom stereocenters. The number of hydrogen-bond acceptors (Lipinski definition) is 5. The maximum absolute atomic E-state index is 11.7. The van der Waals surface area contributed by atoms with Crippen molar-refractivity contribution < 1.29 is 9.53 Å². The van der Waals surface area contributed by atoms with Crippen LogP contribution in [0.4, 0.5) is 0 Å². The highest BCUT2D eigenvalue weighted by Gasteiger charge is 2.22. The number of ether oxygens (including phenoxy) is 1. The van der Waals surface area contributed by atoms with Crippen LogP contribution in [0, 0.1) is 19.8 Å². The Balaban J connectivity index is 2.02. The van der Waals surface area contributed by atoms with E-state index in [1.54, 1.807) is 11.8 Å². The van der Waals surface area contributed by atoms with Crippen molar-refractivity contribution in [2.75, 3.05) is 32.0 Å². The van der Waals surface area contributed by atoms with E-state index >= 15 is 0 Å². The number of thioether (sulfide) groups is 1. The summed E-state index contributed by atoms with van der Waals surface area (Å²) in [7, 11) is 0. The number of amides is 1. The predicted molar refractivity (Wildman–Crippen MR) is 94.0 cm³/mol. The van der Waals surface area contributed by atoms with Crippen LogP contribution in [0.5, 0.6) is 0 Å². The summed E-state index contributed by atoms with van der Waals surface area (Å²) in [5, 5.41) is 0.722. The van der Waals surface area contributed by atoms with Gasteiger partial charge in [0.2, 0.25) is 0 Å². The first kappa shape index (κ1) is 18.2. The summed E-state index contributed by atoms with van der Waals surface area (Å²) >= 11 is 1.57. The third kappa shape index (κ3) is 5.19. The van der Waals surface area contributed by atoms with Crippen LogP contribution in [-0.2, 0) is 4.74 Å². The molecule has 5 nitrogen and oxygen atoms in total. The van der Waals surface area contributed by atoms with Gasteiger partial charge in [0.25, 0.3) is 5.91 Å².